The summed E-state index contributed by atoms with van der Waals surface area (Å²) in [5.74, 6) is 0.0283. The van der Waals surface area contributed by atoms with Gasteiger partial charge in [-0.1, -0.05) is 18.2 Å². The number of carbonyl (C=O) groups is 1. The Morgan fingerprint density at radius 2 is 1.81 bits per heavy atom. The number of nitrogens with two attached hydrogens (primary N) is 1. The molecule has 2 N–H and O–H groups in total. The third-order valence-corrected chi connectivity index (χ3v) is 4.61. The highest BCUT2D eigenvalue weighted by Crippen LogP contribution is 2.20. The molecule has 0 bridgehead atoms. The Labute approximate surface area is 122 Å². The van der Waals surface area contributed by atoms with Crippen molar-refractivity contribution < 1.29 is 17.6 Å². The molecule has 1 aliphatic heterocycles. The van der Waals surface area contributed by atoms with Crippen molar-refractivity contribution in [1.29, 1.82) is 0 Å². The van der Waals surface area contributed by atoms with Crippen molar-refractivity contribution in [1.82, 2.24) is 9.21 Å². The number of carbonyl (C=O) groups excluding carboxylic acids is 1. The lowest BCUT2D eigenvalue weighted by atomic mass is 10.2. The van der Waals surface area contributed by atoms with E-state index in [9.17, 15) is 13.2 Å². The van der Waals surface area contributed by atoms with Gasteiger partial charge in [0.25, 0.3) is 16.1 Å². The number of nitrogens with zero attached hydrogens (tertiary/aromatic N) is 2. The summed E-state index contributed by atoms with van der Waals surface area (Å²) >= 11 is 0. The minimum Gasteiger partial charge on any atom is -0.451 e. The summed E-state index contributed by atoms with van der Waals surface area (Å²) in [4.78, 5) is 13.9. The second-order valence-electron chi connectivity index (χ2n) is 4.88. The molecule has 0 aliphatic carbocycles. The fraction of sp³-hybridized carbons (Fsp3) is 0.308. The van der Waals surface area contributed by atoms with Crippen LogP contribution in [0, 0.1) is 0 Å². The van der Waals surface area contributed by atoms with E-state index in [0.29, 0.717) is 18.7 Å². The first-order chi connectivity index (χ1) is 9.95. The lowest BCUT2D eigenvalue weighted by Gasteiger charge is -2.32. The Balaban J connectivity index is 1.75. The van der Waals surface area contributed by atoms with Crippen LogP contribution in [-0.4, -0.2) is 49.7 Å². The maximum Gasteiger partial charge on any atom is 0.289 e. The highest BCUT2D eigenvalue weighted by atomic mass is 32.2. The molecule has 0 atom stereocenters. The molecule has 8 heteroatoms. The Morgan fingerprint density at radius 3 is 2.43 bits per heavy atom. The predicted molar refractivity (Wildman–Crippen MR) is 76.8 cm³/mol. The smallest absolute Gasteiger partial charge is 0.289 e. The molecule has 0 radical (unpaired) electrons. The van der Waals surface area contributed by atoms with Crippen molar-refractivity contribution in [3.63, 3.8) is 0 Å². The average Bonchev–Trinajstić information content (AvgIpc) is 2.89. The zero-order chi connectivity index (χ0) is 15.0. The van der Waals surface area contributed by atoms with Gasteiger partial charge < -0.3 is 9.32 Å². The van der Waals surface area contributed by atoms with E-state index in [4.69, 9.17) is 9.56 Å². The maximum absolute atomic E-state index is 12.4. The molecule has 1 amide bonds. The van der Waals surface area contributed by atoms with Crippen molar-refractivity contribution >= 4 is 27.1 Å². The van der Waals surface area contributed by atoms with Crippen LogP contribution in [0.4, 0.5) is 0 Å². The van der Waals surface area contributed by atoms with Gasteiger partial charge in [0.05, 0.1) is 0 Å². The fourth-order valence-electron chi connectivity index (χ4n) is 2.39. The van der Waals surface area contributed by atoms with Gasteiger partial charge in [0, 0.05) is 31.6 Å². The number of hydrogen-bond donors (Lipinski definition) is 1. The first kappa shape index (κ1) is 14.1. The summed E-state index contributed by atoms with van der Waals surface area (Å²) in [7, 11) is -3.69. The van der Waals surface area contributed by atoms with Gasteiger partial charge in [-0.05, 0) is 12.1 Å². The minimum atomic E-state index is -3.69. The number of furan rings is 1. The zero-order valence-corrected chi connectivity index (χ0v) is 12.0. The van der Waals surface area contributed by atoms with E-state index in [0.717, 1.165) is 9.69 Å². The van der Waals surface area contributed by atoms with Gasteiger partial charge in [-0.15, -0.1) is 0 Å². The van der Waals surface area contributed by atoms with Crippen molar-refractivity contribution in [2.75, 3.05) is 26.2 Å². The molecule has 1 saturated heterocycles. The monoisotopic (exact) mass is 309 g/mol. The normalized spacial score (nSPS) is 17.3. The Morgan fingerprint density at radius 1 is 1.14 bits per heavy atom. The first-order valence-corrected chi connectivity index (χ1v) is 8.01. The molecule has 1 aromatic carbocycles. The van der Waals surface area contributed by atoms with Gasteiger partial charge >= 0.3 is 0 Å². The molecule has 0 saturated carbocycles. The molecule has 2 heterocycles. The van der Waals surface area contributed by atoms with E-state index in [-0.39, 0.29) is 24.8 Å². The molecule has 1 aliphatic rings. The number of fused-ring (bicyclic) bond motifs is 1. The van der Waals surface area contributed by atoms with Gasteiger partial charge in [-0.3, -0.25) is 4.79 Å². The van der Waals surface area contributed by atoms with Crippen LogP contribution in [0.15, 0.2) is 34.7 Å². The van der Waals surface area contributed by atoms with Crippen LogP contribution in [0.5, 0.6) is 0 Å². The first-order valence-electron chi connectivity index (χ1n) is 6.51. The highest BCUT2D eigenvalue weighted by molar-refractivity contribution is 7.86. The number of para-hydroxylation sites is 1. The average molecular weight is 309 g/mol. The Kier molecular flexibility index (Phi) is 3.44. The quantitative estimate of drug-likeness (QED) is 0.868. The second-order valence-corrected chi connectivity index (χ2v) is 6.43. The molecule has 0 unspecified atom stereocenters. The highest BCUT2D eigenvalue weighted by Gasteiger charge is 2.28. The molecule has 1 fully saturated rings. The van der Waals surface area contributed by atoms with Crippen LogP contribution in [0.3, 0.4) is 0 Å². The van der Waals surface area contributed by atoms with E-state index < -0.39 is 10.2 Å². The summed E-state index contributed by atoms with van der Waals surface area (Å²) in [5.41, 5.74) is 0.657. The van der Waals surface area contributed by atoms with Crippen LogP contribution >= 0.6 is 0 Å². The lowest BCUT2D eigenvalue weighted by Crippen LogP contribution is -2.52. The maximum atomic E-state index is 12.4. The van der Waals surface area contributed by atoms with E-state index in [2.05, 4.69) is 0 Å². The Bertz CT molecular complexity index is 743. The number of benzene rings is 1. The third kappa shape index (κ3) is 2.78. The fourth-order valence-corrected chi connectivity index (χ4v) is 3.06. The van der Waals surface area contributed by atoms with Crippen molar-refractivity contribution in [3.8, 4) is 0 Å². The summed E-state index contributed by atoms with van der Waals surface area (Å²) in [5, 5.41) is 5.93. The van der Waals surface area contributed by atoms with Gasteiger partial charge in [0.2, 0.25) is 0 Å². The van der Waals surface area contributed by atoms with E-state index in [1.807, 2.05) is 18.2 Å². The van der Waals surface area contributed by atoms with Crippen LogP contribution in [0.1, 0.15) is 10.6 Å². The van der Waals surface area contributed by atoms with Crippen LogP contribution < -0.4 is 5.14 Å². The molecule has 21 heavy (non-hydrogen) atoms. The summed E-state index contributed by atoms with van der Waals surface area (Å²) < 4.78 is 29.2. The van der Waals surface area contributed by atoms with Crippen LogP contribution in [0.2, 0.25) is 0 Å². The topological polar surface area (TPSA) is 96.9 Å². The number of hydrogen-bond acceptors (Lipinski definition) is 4. The van der Waals surface area contributed by atoms with E-state index >= 15 is 0 Å². The van der Waals surface area contributed by atoms with Crippen LogP contribution in [0.25, 0.3) is 11.0 Å². The number of rotatable bonds is 2. The minimum absolute atomic E-state index is 0.199. The molecule has 112 valence electrons. The van der Waals surface area contributed by atoms with Gasteiger partial charge in [-0.2, -0.15) is 12.7 Å². The molecule has 3 rings (SSSR count). The number of piperazine rings is 1. The summed E-state index contributed by atoms with van der Waals surface area (Å²) in [6.07, 6.45) is 0. The van der Waals surface area contributed by atoms with E-state index in [1.54, 1.807) is 17.0 Å². The van der Waals surface area contributed by atoms with Crippen molar-refractivity contribution in [2.24, 2.45) is 5.14 Å². The predicted octanol–water partition coefficient (Wildman–Crippen LogP) is 0.394. The molecule has 7 nitrogen and oxygen atoms in total. The molecular weight excluding hydrogens is 294 g/mol. The van der Waals surface area contributed by atoms with Gasteiger partial charge in [0.15, 0.2) is 5.76 Å². The standard InChI is InChI=1S/C13H15N3O4S/c14-21(18,19)16-7-5-15(6-8-16)13(17)12-9-10-3-1-2-4-11(10)20-12/h1-4,9H,5-8H2,(H2,14,18,19). The lowest BCUT2D eigenvalue weighted by molar-refractivity contribution is 0.0668. The molecule has 2 aromatic rings. The largest absolute Gasteiger partial charge is 0.451 e. The molecule has 0 spiro atoms. The van der Waals surface area contributed by atoms with E-state index in [1.165, 1.54) is 0 Å². The zero-order valence-electron chi connectivity index (χ0n) is 11.2. The summed E-state index contributed by atoms with van der Waals surface area (Å²) in [6, 6.07) is 9.07. The second kappa shape index (κ2) is 5.14. The van der Waals surface area contributed by atoms with Crippen molar-refractivity contribution in [3.05, 3.63) is 36.1 Å². The van der Waals surface area contributed by atoms with Crippen LogP contribution in [-0.2, 0) is 10.2 Å². The SMILES string of the molecule is NS(=O)(=O)N1CCN(C(=O)c2cc3ccccc3o2)CC1. The van der Waals surface area contributed by atoms with Crippen molar-refractivity contribution in [2.45, 2.75) is 0 Å². The molecule has 1 aromatic heterocycles. The summed E-state index contributed by atoms with van der Waals surface area (Å²) in [6.45, 7) is 0.994. The van der Waals surface area contributed by atoms with Gasteiger partial charge in [-0.25, -0.2) is 5.14 Å². The number of amides is 1. The molecular formula is C13H15N3O4S. The Hall–Kier alpha value is -1.90. The third-order valence-electron chi connectivity index (χ3n) is 3.52. The van der Waals surface area contributed by atoms with Gasteiger partial charge in [0.1, 0.15) is 5.58 Å².